The smallest absolute Gasteiger partial charge is 0.337 e. The zero-order valence-electron chi connectivity index (χ0n) is 26.3. The molecule has 9 nitrogen and oxygen atoms in total. The first kappa shape index (κ1) is 30.7. The zero-order chi connectivity index (χ0) is 31.9. The van der Waals surface area contributed by atoms with E-state index in [2.05, 4.69) is 11.8 Å². The second-order valence-corrected chi connectivity index (χ2v) is 12.9. The molecule has 2 aromatic carbocycles. The number of piperidine rings is 1. The Balaban J connectivity index is 1.55. The summed E-state index contributed by atoms with van der Waals surface area (Å²) < 4.78 is 34.5. The Labute approximate surface area is 262 Å². The fraction of sp³-hybridized carbons (Fsp3) is 0.400. The quantitative estimate of drug-likeness (QED) is 0.252. The van der Waals surface area contributed by atoms with Crippen molar-refractivity contribution in [3.8, 4) is 28.1 Å². The summed E-state index contributed by atoms with van der Waals surface area (Å²) in [5.41, 5.74) is 3.66. The molecule has 1 unspecified atom stereocenters. The van der Waals surface area contributed by atoms with Gasteiger partial charge in [0, 0.05) is 42.0 Å². The van der Waals surface area contributed by atoms with Crippen LogP contribution in [0.15, 0.2) is 60.7 Å². The standard InChI is InChI=1S/C35H39FN4O5/c1-22-30(31(33(41)42)45-34(2,3)4)32-39-15-13-35(5,14-16-39)44-18-7-6-17-43-28-20-25(36)11-12-26(28)23-9-8-10-24(19-23)27-21-29(37-22)40(32)38-27/h6-12,19-21,31H,13-18H2,1-5H3,(H,41,42). The second-order valence-electron chi connectivity index (χ2n) is 12.9. The van der Waals surface area contributed by atoms with Crippen molar-refractivity contribution >= 4 is 17.4 Å². The van der Waals surface area contributed by atoms with Gasteiger partial charge in [-0.1, -0.05) is 24.3 Å². The minimum Gasteiger partial charge on any atom is -0.489 e. The van der Waals surface area contributed by atoms with Gasteiger partial charge in [-0.05, 0) is 77.3 Å². The van der Waals surface area contributed by atoms with E-state index in [1.54, 1.807) is 10.6 Å². The van der Waals surface area contributed by atoms with E-state index < -0.39 is 17.7 Å². The number of fused-ring (bicyclic) bond motifs is 6. The van der Waals surface area contributed by atoms with Crippen LogP contribution in [0.4, 0.5) is 10.2 Å². The maximum Gasteiger partial charge on any atom is 0.337 e. The van der Waals surface area contributed by atoms with E-state index in [0.29, 0.717) is 53.9 Å². The average molecular weight is 615 g/mol. The van der Waals surface area contributed by atoms with Crippen molar-refractivity contribution in [1.82, 2.24) is 14.6 Å². The molecule has 1 N–H and O–H groups in total. The van der Waals surface area contributed by atoms with Gasteiger partial charge in [-0.3, -0.25) is 0 Å². The van der Waals surface area contributed by atoms with Gasteiger partial charge in [-0.15, -0.1) is 0 Å². The Kier molecular flexibility index (Phi) is 8.13. The lowest BCUT2D eigenvalue weighted by atomic mass is 9.92. The number of aliphatic carboxylic acids is 1. The van der Waals surface area contributed by atoms with Crippen molar-refractivity contribution in [1.29, 1.82) is 0 Å². The molecule has 10 heteroatoms. The summed E-state index contributed by atoms with van der Waals surface area (Å²) in [7, 11) is 0. The molecule has 1 fully saturated rings. The van der Waals surface area contributed by atoms with Crippen LogP contribution in [0.1, 0.15) is 57.9 Å². The lowest BCUT2D eigenvalue weighted by molar-refractivity contribution is -0.160. The van der Waals surface area contributed by atoms with E-state index >= 15 is 0 Å². The summed E-state index contributed by atoms with van der Waals surface area (Å²) in [6.07, 6.45) is 4.00. The molecule has 3 aliphatic heterocycles. The molecule has 1 atom stereocenters. The fourth-order valence-corrected chi connectivity index (χ4v) is 6.01. The molecule has 0 radical (unpaired) electrons. The summed E-state index contributed by atoms with van der Waals surface area (Å²) in [5, 5.41) is 15.4. The first-order valence-corrected chi connectivity index (χ1v) is 15.3. The number of aromatic nitrogens is 3. The maximum absolute atomic E-state index is 14.3. The Morgan fingerprint density at radius 2 is 1.80 bits per heavy atom. The highest BCUT2D eigenvalue weighted by Gasteiger charge is 2.37. The van der Waals surface area contributed by atoms with Crippen LogP contribution in [-0.2, 0) is 14.3 Å². The zero-order valence-corrected chi connectivity index (χ0v) is 26.3. The number of anilines is 1. The van der Waals surface area contributed by atoms with Gasteiger partial charge in [0.2, 0.25) is 0 Å². The summed E-state index contributed by atoms with van der Waals surface area (Å²) in [6.45, 7) is 11.4. The molecular formula is C35H39FN4O5. The number of rotatable bonds is 3. The highest BCUT2D eigenvalue weighted by molar-refractivity contribution is 5.80. The number of ether oxygens (including phenoxy) is 3. The summed E-state index contributed by atoms with van der Waals surface area (Å²) in [6, 6.07) is 14.3. The van der Waals surface area contributed by atoms with Crippen LogP contribution in [-0.4, -0.2) is 63.2 Å². The third kappa shape index (κ3) is 6.43. The van der Waals surface area contributed by atoms with Gasteiger partial charge in [-0.2, -0.15) is 9.61 Å². The second kappa shape index (κ2) is 11.9. The minimum atomic E-state index is -1.25. The SMILES string of the molecule is Cc1nc2cc3nn2c(c1C(OC(C)(C)C)C(=O)O)N1CCC(C)(CC1)OCC=CCOc1cc(F)ccc1-c1cccc-3c1. The summed E-state index contributed by atoms with van der Waals surface area (Å²) in [4.78, 5) is 19.8. The molecule has 2 aromatic heterocycles. The molecule has 0 spiro atoms. The third-order valence-electron chi connectivity index (χ3n) is 8.33. The van der Waals surface area contributed by atoms with Gasteiger partial charge in [0.05, 0.1) is 29.1 Å². The molecule has 45 heavy (non-hydrogen) atoms. The monoisotopic (exact) mass is 614 g/mol. The highest BCUT2D eigenvalue weighted by atomic mass is 19.1. The predicted octanol–water partition coefficient (Wildman–Crippen LogP) is 6.78. The average Bonchev–Trinajstić information content (AvgIpc) is 3.40. The number of carboxylic acids is 1. The predicted molar refractivity (Wildman–Crippen MR) is 170 cm³/mol. The number of nitrogens with zero attached hydrogens (tertiary/aromatic N) is 4. The molecule has 236 valence electrons. The topological polar surface area (TPSA) is 98.4 Å². The van der Waals surface area contributed by atoms with E-state index in [9.17, 15) is 14.3 Å². The van der Waals surface area contributed by atoms with Crippen molar-refractivity contribution in [3.63, 3.8) is 0 Å². The molecule has 4 aromatic rings. The Morgan fingerprint density at radius 3 is 2.53 bits per heavy atom. The van der Waals surface area contributed by atoms with E-state index in [0.717, 1.165) is 29.5 Å². The van der Waals surface area contributed by atoms with Crippen LogP contribution in [0.3, 0.4) is 0 Å². The van der Waals surface area contributed by atoms with E-state index in [4.69, 9.17) is 24.3 Å². The first-order valence-electron chi connectivity index (χ1n) is 15.3. The minimum absolute atomic E-state index is 0.271. The highest BCUT2D eigenvalue weighted by Crippen LogP contribution is 2.39. The van der Waals surface area contributed by atoms with E-state index in [1.807, 2.05) is 70.2 Å². The van der Waals surface area contributed by atoms with Crippen molar-refractivity contribution in [2.45, 2.75) is 64.8 Å². The largest absolute Gasteiger partial charge is 0.489 e. The summed E-state index contributed by atoms with van der Waals surface area (Å²) >= 11 is 0. The molecule has 1 saturated heterocycles. The summed E-state index contributed by atoms with van der Waals surface area (Å²) in [5.74, 6) is -0.373. The van der Waals surface area contributed by atoms with Crippen LogP contribution in [0.5, 0.6) is 5.75 Å². The van der Waals surface area contributed by atoms with Crippen LogP contribution in [0.25, 0.3) is 28.0 Å². The lowest BCUT2D eigenvalue weighted by Crippen LogP contribution is -2.45. The van der Waals surface area contributed by atoms with Crippen molar-refractivity contribution in [3.05, 3.63) is 77.8 Å². The van der Waals surface area contributed by atoms with Gasteiger partial charge in [0.1, 0.15) is 24.0 Å². The number of hydrogen-bond donors (Lipinski definition) is 1. The molecule has 3 aliphatic rings. The number of benzene rings is 2. The third-order valence-corrected chi connectivity index (χ3v) is 8.33. The Bertz CT molecular complexity index is 1770. The van der Waals surface area contributed by atoms with Gasteiger partial charge >= 0.3 is 5.97 Å². The Morgan fingerprint density at radius 1 is 1.07 bits per heavy atom. The molecular weight excluding hydrogens is 575 g/mol. The lowest BCUT2D eigenvalue weighted by Gasteiger charge is -2.41. The molecule has 5 heterocycles. The number of aryl methyl sites for hydroxylation is 1. The van der Waals surface area contributed by atoms with Gasteiger partial charge < -0.3 is 24.2 Å². The van der Waals surface area contributed by atoms with Crippen LogP contribution in [0.2, 0.25) is 0 Å². The van der Waals surface area contributed by atoms with E-state index in [1.165, 1.54) is 12.1 Å². The normalized spacial score (nSPS) is 17.3. The molecule has 0 amide bonds. The number of hydrogen-bond acceptors (Lipinski definition) is 7. The van der Waals surface area contributed by atoms with Crippen LogP contribution >= 0.6 is 0 Å². The van der Waals surface area contributed by atoms with Crippen molar-refractivity contribution in [2.75, 3.05) is 31.2 Å². The molecule has 0 aliphatic carbocycles. The number of halogens is 1. The van der Waals surface area contributed by atoms with Crippen molar-refractivity contribution < 1.29 is 28.5 Å². The molecule has 7 rings (SSSR count). The Hall–Kier alpha value is -4.28. The maximum atomic E-state index is 14.3. The number of carboxylic acid groups (broad SMARTS) is 1. The molecule has 0 saturated carbocycles. The van der Waals surface area contributed by atoms with Gasteiger partial charge in [0.15, 0.2) is 11.8 Å². The fourth-order valence-electron chi connectivity index (χ4n) is 6.01. The first-order chi connectivity index (χ1) is 21.4. The van der Waals surface area contributed by atoms with Crippen LogP contribution < -0.4 is 9.64 Å². The number of carbonyl (C=O) groups is 1. The van der Waals surface area contributed by atoms with E-state index in [-0.39, 0.29) is 18.0 Å². The van der Waals surface area contributed by atoms with Crippen LogP contribution in [0, 0.1) is 12.7 Å². The van der Waals surface area contributed by atoms with Crippen molar-refractivity contribution in [2.24, 2.45) is 0 Å². The molecule has 6 bridgehead atoms. The van der Waals surface area contributed by atoms with Gasteiger partial charge in [0.25, 0.3) is 0 Å². The van der Waals surface area contributed by atoms with Gasteiger partial charge in [-0.25, -0.2) is 14.2 Å².